The first kappa shape index (κ1) is 14.3. The number of hydrogen-bond acceptors (Lipinski definition) is 4. The minimum absolute atomic E-state index is 0.711. The standard InChI is InChI=1S/C16H25N5/c1-11-14-10-21(4)12(2)15(14)16(19-18-11)17-8-7-13-6-5-9-20(13)3/h10,13H,5-9H2,1-4H3,(H,17,19). The summed E-state index contributed by atoms with van der Waals surface area (Å²) in [4.78, 5) is 2.46. The molecule has 2 aromatic rings. The third-order valence-electron chi connectivity index (χ3n) is 4.85. The van der Waals surface area contributed by atoms with E-state index in [1.807, 2.05) is 6.92 Å². The van der Waals surface area contributed by atoms with Gasteiger partial charge in [0.1, 0.15) is 0 Å². The molecule has 3 rings (SSSR count). The predicted molar refractivity (Wildman–Crippen MR) is 86.7 cm³/mol. The van der Waals surface area contributed by atoms with Gasteiger partial charge in [0.05, 0.1) is 5.69 Å². The minimum atomic E-state index is 0.711. The second kappa shape index (κ2) is 5.64. The third kappa shape index (κ3) is 2.62. The fraction of sp³-hybridized carbons (Fsp3) is 0.625. The van der Waals surface area contributed by atoms with Gasteiger partial charge in [-0.15, -0.1) is 5.10 Å². The van der Waals surface area contributed by atoms with Gasteiger partial charge in [-0.2, -0.15) is 5.10 Å². The Morgan fingerprint density at radius 3 is 2.81 bits per heavy atom. The van der Waals surface area contributed by atoms with Crippen LogP contribution in [0, 0.1) is 13.8 Å². The number of fused-ring (bicyclic) bond motifs is 1. The van der Waals surface area contributed by atoms with Crippen molar-refractivity contribution in [3.63, 3.8) is 0 Å². The lowest BCUT2D eigenvalue weighted by Gasteiger charge is -2.19. The average Bonchev–Trinajstić information content (AvgIpc) is 2.99. The molecule has 5 nitrogen and oxygen atoms in total. The first-order valence-corrected chi connectivity index (χ1v) is 7.81. The van der Waals surface area contributed by atoms with Crippen LogP contribution in [0.2, 0.25) is 0 Å². The highest BCUT2D eigenvalue weighted by Gasteiger charge is 2.20. The Labute approximate surface area is 126 Å². The van der Waals surface area contributed by atoms with Crippen molar-refractivity contribution in [2.24, 2.45) is 7.05 Å². The number of rotatable bonds is 4. The fourth-order valence-corrected chi connectivity index (χ4v) is 3.35. The zero-order valence-corrected chi connectivity index (χ0v) is 13.5. The molecule has 0 bridgehead atoms. The Kier molecular flexibility index (Phi) is 3.85. The molecule has 2 aromatic heterocycles. The van der Waals surface area contributed by atoms with Crippen LogP contribution < -0.4 is 5.32 Å². The average molecular weight is 287 g/mol. The lowest BCUT2D eigenvalue weighted by Crippen LogP contribution is -2.27. The van der Waals surface area contributed by atoms with Crippen molar-refractivity contribution in [1.82, 2.24) is 19.7 Å². The summed E-state index contributed by atoms with van der Waals surface area (Å²) in [7, 11) is 4.30. The minimum Gasteiger partial charge on any atom is -0.368 e. The maximum absolute atomic E-state index is 4.38. The van der Waals surface area contributed by atoms with Crippen LogP contribution in [0.15, 0.2) is 6.20 Å². The molecule has 3 heterocycles. The SMILES string of the molecule is Cc1nnc(NCCC2CCCN2C)c2c(C)n(C)cc12. The Bertz CT molecular complexity index is 646. The van der Waals surface area contributed by atoms with Gasteiger partial charge in [-0.05, 0) is 46.7 Å². The molecule has 114 valence electrons. The Morgan fingerprint density at radius 1 is 1.29 bits per heavy atom. The summed E-state index contributed by atoms with van der Waals surface area (Å²) in [6.45, 7) is 6.35. The largest absolute Gasteiger partial charge is 0.368 e. The second-order valence-corrected chi connectivity index (χ2v) is 6.24. The maximum Gasteiger partial charge on any atom is 0.158 e. The Hall–Kier alpha value is -1.62. The van der Waals surface area contributed by atoms with Crippen LogP contribution in [0.4, 0.5) is 5.82 Å². The van der Waals surface area contributed by atoms with E-state index >= 15 is 0 Å². The summed E-state index contributed by atoms with van der Waals surface area (Å²) in [6, 6.07) is 0.711. The van der Waals surface area contributed by atoms with Gasteiger partial charge in [0.25, 0.3) is 0 Å². The van der Waals surface area contributed by atoms with Crippen LogP contribution >= 0.6 is 0 Å². The van der Waals surface area contributed by atoms with E-state index in [1.165, 1.54) is 42.3 Å². The topological polar surface area (TPSA) is 46.0 Å². The van der Waals surface area contributed by atoms with E-state index in [-0.39, 0.29) is 0 Å². The zero-order valence-electron chi connectivity index (χ0n) is 13.5. The summed E-state index contributed by atoms with van der Waals surface area (Å²) in [5.41, 5.74) is 2.23. The molecule has 0 spiro atoms. The van der Waals surface area contributed by atoms with Crippen molar-refractivity contribution < 1.29 is 0 Å². The molecular formula is C16H25N5. The van der Waals surface area contributed by atoms with Crippen molar-refractivity contribution in [3.8, 4) is 0 Å². The van der Waals surface area contributed by atoms with Crippen molar-refractivity contribution in [2.45, 2.75) is 39.2 Å². The molecule has 1 atom stereocenters. The molecule has 0 aliphatic carbocycles. The summed E-state index contributed by atoms with van der Waals surface area (Å²) in [6.07, 6.45) is 5.95. The highest BCUT2D eigenvalue weighted by atomic mass is 15.2. The predicted octanol–water partition coefficient (Wildman–Crippen LogP) is 2.48. The van der Waals surface area contributed by atoms with Crippen LogP contribution in [0.3, 0.4) is 0 Å². The molecule has 1 fully saturated rings. The molecule has 1 saturated heterocycles. The number of likely N-dealkylation sites (tertiary alicyclic amines) is 1. The summed E-state index contributed by atoms with van der Waals surface area (Å²) < 4.78 is 2.15. The van der Waals surface area contributed by atoms with Gasteiger partial charge in [-0.1, -0.05) is 0 Å². The monoisotopic (exact) mass is 287 g/mol. The van der Waals surface area contributed by atoms with E-state index in [4.69, 9.17) is 0 Å². The highest BCUT2D eigenvalue weighted by molar-refractivity contribution is 5.95. The molecule has 1 aliphatic rings. The Morgan fingerprint density at radius 2 is 2.10 bits per heavy atom. The van der Waals surface area contributed by atoms with Crippen molar-refractivity contribution in [3.05, 3.63) is 17.6 Å². The van der Waals surface area contributed by atoms with Crippen LogP contribution in [0.1, 0.15) is 30.7 Å². The number of anilines is 1. The van der Waals surface area contributed by atoms with Crippen molar-refractivity contribution in [1.29, 1.82) is 0 Å². The van der Waals surface area contributed by atoms with E-state index in [9.17, 15) is 0 Å². The smallest absolute Gasteiger partial charge is 0.158 e. The lowest BCUT2D eigenvalue weighted by molar-refractivity contribution is 0.301. The van der Waals surface area contributed by atoms with E-state index in [0.717, 1.165) is 18.1 Å². The summed E-state index contributed by atoms with van der Waals surface area (Å²) in [5, 5.41) is 14.6. The number of aryl methyl sites for hydroxylation is 3. The van der Waals surface area contributed by atoms with E-state index in [0.29, 0.717) is 6.04 Å². The van der Waals surface area contributed by atoms with Gasteiger partial charge < -0.3 is 14.8 Å². The fourth-order valence-electron chi connectivity index (χ4n) is 3.35. The van der Waals surface area contributed by atoms with Gasteiger partial charge in [0.2, 0.25) is 0 Å². The van der Waals surface area contributed by atoms with Gasteiger partial charge in [0.15, 0.2) is 5.82 Å². The highest BCUT2D eigenvalue weighted by Crippen LogP contribution is 2.27. The number of aromatic nitrogens is 3. The molecule has 0 radical (unpaired) electrons. The molecule has 1 aliphatic heterocycles. The quantitative estimate of drug-likeness (QED) is 0.938. The summed E-state index contributed by atoms with van der Waals surface area (Å²) in [5.74, 6) is 0.925. The van der Waals surface area contributed by atoms with Gasteiger partial charge in [0, 0.05) is 42.3 Å². The number of nitrogens with zero attached hydrogens (tertiary/aromatic N) is 4. The molecule has 21 heavy (non-hydrogen) atoms. The van der Waals surface area contributed by atoms with E-state index < -0.39 is 0 Å². The van der Waals surface area contributed by atoms with Crippen LogP contribution in [-0.2, 0) is 7.05 Å². The molecule has 5 heteroatoms. The third-order valence-corrected chi connectivity index (χ3v) is 4.85. The van der Waals surface area contributed by atoms with Gasteiger partial charge >= 0.3 is 0 Å². The van der Waals surface area contributed by atoms with Crippen molar-refractivity contribution >= 4 is 16.6 Å². The molecule has 0 aromatic carbocycles. The van der Waals surface area contributed by atoms with Crippen LogP contribution in [0.5, 0.6) is 0 Å². The first-order chi connectivity index (χ1) is 10.1. The molecule has 0 saturated carbocycles. The van der Waals surface area contributed by atoms with E-state index in [1.54, 1.807) is 0 Å². The first-order valence-electron chi connectivity index (χ1n) is 7.81. The molecular weight excluding hydrogens is 262 g/mol. The Balaban J connectivity index is 1.76. The molecule has 0 amide bonds. The second-order valence-electron chi connectivity index (χ2n) is 6.24. The molecule has 1 unspecified atom stereocenters. The molecule has 1 N–H and O–H groups in total. The lowest BCUT2D eigenvalue weighted by atomic mass is 10.1. The van der Waals surface area contributed by atoms with Crippen LogP contribution in [0.25, 0.3) is 10.8 Å². The normalized spacial score (nSPS) is 19.5. The number of nitrogens with one attached hydrogen (secondary N) is 1. The summed E-state index contributed by atoms with van der Waals surface area (Å²) >= 11 is 0. The maximum atomic E-state index is 4.38. The zero-order chi connectivity index (χ0) is 15.0. The van der Waals surface area contributed by atoms with E-state index in [2.05, 4.69) is 52.2 Å². The van der Waals surface area contributed by atoms with Gasteiger partial charge in [-0.25, -0.2) is 0 Å². The van der Waals surface area contributed by atoms with Gasteiger partial charge in [-0.3, -0.25) is 0 Å². The number of hydrogen-bond donors (Lipinski definition) is 1. The van der Waals surface area contributed by atoms with Crippen LogP contribution in [-0.4, -0.2) is 45.8 Å². The van der Waals surface area contributed by atoms with Crippen molar-refractivity contribution in [2.75, 3.05) is 25.5 Å².